The van der Waals surface area contributed by atoms with Gasteiger partial charge in [0, 0.05) is 13.2 Å². The Bertz CT molecular complexity index is 486. The van der Waals surface area contributed by atoms with Crippen molar-refractivity contribution in [1.82, 2.24) is 10.6 Å². The summed E-state index contributed by atoms with van der Waals surface area (Å²) in [5.74, 6) is -0.261. The van der Waals surface area contributed by atoms with Crippen LogP contribution in [0.3, 0.4) is 0 Å². The summed E-state index contributed by atoms with van der Waals surface area (Å²) >= 11 is 0. The zero-order chi connectivity index (χ0) is 23.4. The molecule has 0 bridgehead atoms. The molecule has 3 N–H and O–H groups in total. The summed E-state index contributed by atoms with van der Waals surface area (Å²) < 4.78 is 5.27. The van der Waals surface area contributed by atoms with Gasteiger partial charge in [0.25, 0.3) is 0 Å². The summed E-state index contributed by atoms with van der Waals surface area (Å²) in [6.45, 7) is 8.01. The number of hydrogen-bond donors (Lipinski definition) is 3. The molecule has 182 valence electrons. The first-order chi connectivity index (χ1) is 14.8. The van der Waals surface area contributed by atoms with Gasteiger partial charge in [-0.15, -0.1) is 0 Å². The van der Waals surface area contributed by atoms with Crippen molar-refractivity contribution in [2.24, 2.45) is 0 Å². The summed E-state index contributed by atoms with van der Waals surface area (Å²) in [6, 6.07) is -0.683. The Balaban J connectivity index is 4.14. The SMILES string of the molecule is CCCCCCCCCCCC/C=C/C[C@H](NC(=O)OC(C)(C)C)C(=O)NCCCO. The first-order valence-electron chi connectivity index (χ1n) is 12.3. The van der Waals surface area contributed by atoms with Crippen LogP contribution in [-0.4, -0.2) is 41.9 Å². The molecule has 0 rings (SSSR count). The molecule has 0 unspecified atom stereocenters. The van der Waals surface area contributed by atoms with Crippen LogP contribution in [0.1, 0.15) is 111 Å². The van der Waals surface area contributed by atoms with Gasteiger partial charge in [-0.2, -0.15) is 0 Å². The van der Waals surface area contributed by atoms with Crippen LogP contribution in [0.2, 0.25) is 0 Å². The van der Waals surface area contributed by atoms with Gasteiger partial charge in [0.1, 0.15) is 11.6 Å². The third-order valence-corrected chi connectivity index (χ3v) is 4.90. The molecule has 0 fully saturated rings. The number of aliphatic hydroxyl groups is 1. The zero-order valence-electron chi connectivity index (χ0n) is 20.5. The van der Waals surface area contributed by atoms with Crippen molar-refractivity contribution in [3.8, 4) is 0 Å². The standard InChI is InChI=1S/C25H48N2O4/c1-5-6-7-8-9-10-11-12-13-14-15-16-17-19-22(23(29)26-20-18-21-28)27-24(30)31-25(2,3)4/h16-17,22,28H,5-15,18-21H2,1-4H3,(H,26,29)(H,27,30)/b17-16+/t22-/m0/s1. The second-order valence-corrected chi connectivity index (χ2v) is 9.24. The van der Waals surface area contributed by atoms with Crippen LogP contribution in [0.15, 0.2) is 12.2 Å². The minimum absolute atomic E-state index is 0.0171. The maximum absolute atomic E-state index is 12.4. The lowest BCUT2D eigenvalue weighted by atomic mass is 10.1. The molecule has 31 heavy (non-hydrogen) atoms. The van der Waals surface area contributed by atoms with Crippen LogP contribution < -0.4 is 10.6 Å². The van der Waals surface area contributed by atoms with E-state index in [0.29, 0.717) is 19.4 Å². The van der Waals surface area contributed by atoms with Crippen LogP contribution in [-0.2, 0) is 9.53 Å². The lowest BCUT2D eigenvalue weighted by Crippen LogP contribution is -2.48. The molecule has 0 aromatic heterocycles. The Morgan fingerprint density at radius 2 is 1.48 bits per heavy atom. The Kier molecular flexibility index (Phi) is 18.2. The molecule has 0 spiro atoms. The van der Waals surface area contributed by atoms with E-state index in [1.54, 1.807) is 20.8 Å². The number of allylic oxidation sites excluding steroid dienone is 1. The Morgan fingerprint density at radius 3 is 2.03 bits per heavy atom. The average Bonchev–Trinajstić information content (AvgIpc) is 2.69. The number of carbonyl (C=O) groups is 2. The summed E-state index contributed by atoms with van der Waals surface area (Å²) in [5.41, 5.74) is -0.618. The van der Waals surface area contributed by atoms with Gasteiger partial charge < -0.3 is 20.5 Å². The van der Waals surface area contributed by atoms with E-state index in [9.17, 15) is 9.59 Å². The van der Waals surface area contributed by atoms with Gasteiger partial charge >= 0.3 is 6.09 Å². The highest BCUT2D eigenvalue weighted by molar-refractivity contribution is 5.85. The fourth-order valence-corrected chi connectivity index (χ4v) is 3.19. The molecule has 0 radical (unpaired) electrons. The lowest BCUT2D eigenvalue weighted by Gasteiger charge is -2.22. The number of aliphatic hydroxyl groups excluding tert-OH is 1. The fourth-order valence-electron chi connectivity index (χ4n) is 3.19. The molecular formula is C25H48N2O4. The van der Waals surface area contributed by atoms with Crippen molar-refractivity contribution in [3.63, 3.8) is 0 Å². The van der Waals surface area contributed by atoms with Crippen molar-refractivity contribution in [1.29, 1.82) is 0 Å². The third-order valence-electron chi connectivity index (χ3n) is 4.90. The number of ether oxygens (including phenoxy) is 1. The van der Waals surface area contributed by atoms with E-state index >= 15 is 0 Å². The maximum Gasteiger partial charge on any atom is 0.408 e. The summed E-state index contributed by atoms with van der Waals surface area (Å²) in [7, 11) is 0. The van der Waals surface area contributed by atoms with Gasteiger partial charge in [-0.3, -0.25) is 4.79 Å². The smallest absolute Gasteiger partial charge is 0.408 e. The molecule has 0 aliphatic carbocycles. The Labute approximate surface area is 190 Å². The molecule has 0 aliphatic heterocycles. The molecule has 6 nitrogen and oxygen atoms in total. The number of unbranched alkanes of at least 4 members (excludes halogenated alkanes) is 10. The van der Waals surface area contributed by atoms with Crippen molar-refractivity contribution < 1.29 is 19.4 Å². The van der Waals surface area contributed by atoms with Gasteiger partial charge in [-0.25, -0.2) is 4.79 Å². The predicted octanol–water partition coefficient (Wildman–Crippen LogP) is 5.64. The van der Waals surface area contributed by atoms with E-state index in [4.69, 9.17) is 9.84 Å². The molecule has 0 aliphatic rings. The molecule has 0 aromatic rings. The summed E-state index contributed by atoms with van der Waals surface area (Å²) in [6.07, 6.45) is 18.5. The van der Waals surface area contributed by atoms with Gasteiger partial charge in [0.05, 0.1) is 0 Å². The monoisotopic (exact) mass is 440 g/mol. The highest BCUT2D eigenvalue weighted by Crippen LogP contribution is 2.12. The van der Waals surface area contributed by atoms with Crippen LogP contribution in [0.5, 0.6) is 0 Å². The number of carbonyl (C=O) groups excluding carboxylic acids is 2. The molecular weight excluding hydrogens is 392 g/mol. The van der Waals surface area contributed by atoms with Crippen molar-refractivity contribution in [3.05, 3.63) is 12.2 Å². The second kappa shape index (κ2) is 19.1. The van der Waals surface area contributed by atoms with Crippen molar-refractivity contribution in [2.45, 2.75) is 123 Å². The number of nitrogens with one attached hydrogen (secondary N) is 2. The normalized spacial score (nSPS) is 12.7. The Hall–Kier alpha value is -1.56. The quantitative estimate of drug-likeness (QED) is 0.190. The average molecular weight is 441 g/mol. The van der Waals surface area contributed by atoms with Crippen LogP contribution in [0.4, 0.5) is 4.79 Å². The molecule has 1 atom stereocenters. The van der Waals surface area contributed by atoms with E-state index in [1.165, 1.54) is 57.8 Å². The van der Waals surface area contributed by atoms with Crippen molar-refractivity contribution in [2.75, 3.05) is 13.2 Å². The van der Waals surface area contributed by atoms with E-state index in [1.807, 2.05) is 6.08 Å². The largest absolute Gasteiger partial charge is 0.444 e. The fraction of sp³-hybridized carbons (Fsp3) is 0.840. The zero-order valence-corrected chi connectivity index (χ0v) is 20.5. The highest BCUT2D eigenvalue weighted by atomic mass is 16.6. The molecule has 6 heteroatoms. The van der Waals surface area contributed by atoms with Crippen LogP contribution in [0.25, 0.3) is 0 Å². The predicted molar refractivity (Wildman–Crippen MR) is 128 cm³/mol. The first kappa shape index (κ1) is 29.4. The molecule has 0 heterocycles. The molecule has 0 saturated carbocycles. The molecule has 0 aromatic carbocycles. The number of amides is 2. The first-order valence-corrected chi connectivity index (χ1v) is 12.3. The Morgan fingerprint density at radius 1 is 0.903 bits per heavy atom. The minimum Gasteiger partial charge on any atom is -0.444 e. The number of alkyl carbamates (subject to hydrolysis) is 1. The second-order valence-electron chi connectivity index (χ2n) is 9.24. The number of rotatable bonds is 18. The lowest BCUT2D eigenvalue weighted by molar-refractivity contribution is -0.123. The van der Waals surface area contributed by atoms with E-state index in [2.05, 4.69) is 23.6 Å². The van der Waals surface area contributed by atoms with Gasteiger partial charge in [0.2, 0.25) is 5.91 Å². The van der Waals surface area contributed by atoms with E-state index in [0.717, 1.165) is 12.8 Å². The molecule has 2 amide bonds. The van der Waals surface area contributed by atoms with Gasteiger partial charge in [-0.1, -0.05) is 76.9 Å². The minimum atomic E-state index is -0.683. The van der Waals surface area contributed by atoms with Crippen molar-refractivity contribution >= 4 is 12.0 Å². The topological polar surface area (TPSA) is 87.7 Å². The van der Waals surface area contributed by atoms with Crippen LogP contribution in [0, 0.1) is 0 Å². The molecule has 0 saturated heterocycles. The highest BCUT2D eigenvalue weighted by Gasteiger charge is 2.23. The summed E-state index contributed by atoms with van der Waals surface area (Å²) in [5, 5.41) is 14.3. The maximum atomic E-state index is 12.4. The van der Waals surface area contributed by atoms with E-state index in [-0.39, 0.29) is 12.5 Å². The number of hydrogen-bond acceptors (Lipinski definition) is 4. The van der Waals surface area contributed by atoms with Gasteiger partial charge in [0.15, 0.2) is 0 Å². The van der Waals surface area contributed by atoms with Crippen LogP contribution >= 0.6 is 0 Å². The third kappa shape index (κ3) is 20.1. The van der Waals surface area contributed by atoms with Gasteiger partial charge in [-0.05, 0) is 46.5 Å². The summed E-state index contributed by atoms with van der Waals surface area (Å²) in [4.78, 5) is 24.4. The van der Waals surface area contributed by atoms with E-state index < -0.39 is 17.7 Å².